The zero-order valence-electron chi connectivity index (χ0n) is 8.63. The fraction of sp³-hybridized carbons (Fsp3) is 0.444. The summed E-state index contributed by atoms with van der Waals surface area (Å²) in [7, 11) is 0. The van der Waals surface area contributed by atoms with E-state index in [9.17, 15) is 14.4 Å². The molecule has 7 heteroatoms. The third-order valence-electron chi connectivity index (χ3n) is 1.70. The van der Waals surface area contributed by atoms with Crippen LogP contribution in [0.2, 0.25) is 0 Å². The van der Waals surface area contributed by atoms with Gasteiger partial charge in [-0.15, -0.1) is 6.58 Å². The van der Waals surface area contributed by atoms with Crippen LogP contribution < -0.4 is 5.73 Å². The molecule has 0 fully saturated rings. The van der Waals surface area contributed by atoms with Gasteiger partial charge < -0.3 is 20.8 Å². The highest BCUT2D eigenvalue weighted by molar-refractivity contribution is 5.88. The minimum atomic E-state index is -1.24. The SMILES string of the molecule is C=CCN(CC(=O)O)C(=O)[C@@H](N)CC(=O)O. The Morgan fingerprint density at radius 2 is 1.88 bits per heavy atom. The van der Waals surface area contributed by atoms with Crippen molar-refractivity contribution in [3.63, 3.8) is 0 Å². The predicted molar refractivity (Wildman–Crippen MR) is 54.6 cm³/mol. The van der Waals surface area contributed by atoms with Gasteiger partial charge in [-0.3, -0.25) is 14.4 Å². The van der Waals surface area contributed by atoms with E-state index < -0.39 is 36.9 Å². The van der Waals surface area contributed by atoms with Gasteiger partial charge in [-0.25, -0.2) is 0 Å². The Bertz CT molecular complexity index is 302. The molecule has 0 saturated heterocycles. The van der Waals surface area contributed by atoms with Crippen molar-refractivity contribution in [1.29, 1.82) is 0 Å². The van der Waals surface area contributed by atoms with E-state index in [0.717, 1.165) is 4.90 Å². The van der Waals surface area contributed by atoms with Crippen molar-refractivity contribution < 1.29 is 24.6 Å². The molecule has 0 bridgehead atoms. The predicted octanol–water partition coefficient (Wildman–Crippen LogP) is -1.11. The summed E-state index contributed by atoms with van der Waals surface area (Å²) >= 11 is 0. The number of rotatable bonds is 7. The number of carboxylic acid groups (broad SMARTS) is 2. The number of nitrogens with two attached hydrogens (primary N) is 1. The van der Waals surface area contributed by atoms with Crippen molar-refractivity contribution in [2.24, 2.45) is 5.73 Å². The lowest BCUT2D eigenvalue weighted by Crippen LogP contribution is -2.46. The largest absolute Gasteiger partial charge is 0.481 e. The van der Waals surface area contributed by atoms with Crippen LogP contribution in [0.5, 0.6) is 0 Å². The topological polar surface area (TPSA) is 121 Å². The molecule has 0 spiro atoms. The number of hydrogen-bond acceptors (Lipinski definition) is 4. The van der Waals surface area contributed by atoms with E-state index in [2.05, 4.69) is 6.58 Å². The zero-order valence-corrected chi connectivity index (χ0v) is 8.63. The number of carbonyl (C=O) groups excluding carboxylic acids is 1. The van der Waals surface area contributed by atoms with Crippen molar-refractivity contribution in [2.75, 3.05) is 13.1 Å². The third kappa shape index (κ3) is 5.11. The Kier molecular flexibility index (Phi) is 5.79. The Balaban J connectivity index is 4.52. The standard InChI is InChI=1S/C9H14N2O5/c1-2-3-11(5-8(14)15)9(16)6(10)4-7(12)13/h2,6H,1,3-5,10H2,(H,12,13)(H,14,15)/t6-/m0/s1. The molecule has 1 amide bonds. The van der Waals surface area contributed by atoms with Gasteiger partial charge in [0.25, 0.3) is 0 Å². The van der Waals surface area contributed by atoms with E-state index in [1.54, 1.807) is 0 Å². The minimum absolute atomic E-state index is 0.0124. The highest BCUT2D eigenvalue weighted by Gasteiger charge is 2.23. The highest BCUT2D eigenvalue weighted by atomic mass is 16.4. The average Bonchev–Trinajstić information content (AvgIpc) is 2.14. The van der Waals surface area contributed by atoms with Gasteiger partial charge in [0, 0.05) is 6.54 Å². The Hall–Kier alpha value is -1.89. The Labute approximate surface area is 92.1 Å². The molecule has 16 heavy (non-hydrogen) atoms. The molecule has 90 valence electrons. The molecule has 0 unspecified atom stereocenters. The van der Waals surface area contributed by atoms with Crippen LogP contribution in [0.3, 0.4) is 0 Å². The molecule has 7 nitrogen and oxygen atoms in total. The van der Waals surface area contributed by atoms with Crippen molar-refractivity contribution in [1.82, 2.24) is 4.90 Å². The normalized spacial score (nSPS) is 11.6. The summed E-state index contributed by atoms with van der Waals surface area (Å²) in [4.78, 5) is 33.2. The minimum Gasteiger partial charge on any atom is -0.481 e. The number of amides is 1. The van der Waals surface area contributed by atoms with E-state index in [-0.39, 0.29) is 6.54 Å². The first kappa shape index (κ1) is 14.1. The van der Waals surface area contributed by atoms with Gasteiger partial charge in [0.15, 0.2) is 0 Å². The van der Waals surface area contributed by atoms with Gasteiger partial charge in [0.1, 0.15) is 6.54 Å². The van der Waals surface area contributed by atoms with Crippen LogP contribution in [0.1, 0.15) is 6.42 Å². The van der Waals surface area contributed by atoms with Gasteiger partial charge >= 0.3 is 11.9 Å². The van der Waals surface area contributed by atoms with Crippen molar-refractivity contribution >= 4 is 17.8 Å². The van der Waals surface area contributed by atoms with E-state index in [0.29, 0.717) is 0 Å². The summed E-state index contributed by atoms with van der Waals surface area (Å²) in [5.74, 6) is -3.13. The molecule has 1 atom stereocenters. The van der Waals surface area contributed by atoms with Crippen LogP contribution in [0.4, 0.5) is 0 Å². The summed E-state index contributed by atoms with van der Waals surface area (Å²) in [6.07, 6.45) is 0.806. The fourth-order valence-electron chi connectivity index (χ4n) is 1.06. The van der Waals surface area contributed by atoms with Gasteiger partial charge in [-0.2, -0.15) is 0 Å². The summed E-state index contributed by atoms with van der Waals surface area (Å²) in [6, 6.07) is -1.24. The fourth-order valence-corrected chi connectivity index (χ4v) is 1.06. The number of hydrogen-bond donors (Lipinski definition) is 3. The van der Waals surface area contributed by atoms with Crippen LogP contribution in [0.25, 0.3) is 0 Å². The average molecular weight is 230 g/mol. The van der Waals surface area contributed by atoms with Crippen molar-refractivity contribution in [2.45, 2.75) is 12.5 Å². The number of aliphatic carboxylic acids is 2. The second-order valence-corrected chi connectivity index (χ2v) is 3.11. The van der Waals surface area contributed by atoms with Gasteiger partial charge in [0.2, 0.25) is 5.91 Å². The lowest BCUT2D eigenvalue weighted by molar-refractivity contribution is -0.146. The molecule has 0 aromatic heterocycles. The molecule has 0 heterocycles. The first-order valence-electron chi connectivity index (χ1n) is 4.47. The molecule has 0 aromatic rings. The van der Waals surface area contributed by atoms with Gasteiger partial charge in [-0.05, 0) is 0 Å². The first-order valence-corrected chi connectivity index (χ1v) is 4.47. The smallest absolute Gasteiger partial charge is 0.323 e. The van der Waals surface area contributed by atoms with Crippen molar-refractivity contribution in [3.8, 4) is 0 Å². The second kappa shape index (κ2) is 6.57. The van der Waals surface area contributed by atoms with E-state index >= 15 is 0 Å². The monoisotopic (exact) mass is 230 g/mol. The van der Waals surface area contributed by atoms with E-state index in [1.807, 2.05) is 0 Å². The van der Waals surface area contributed by atoms with Crippen LogP contribution in [-0.2, 0) is 14.4 Å². The second-order valence-electron chi connectivity index (χ2n) is 3.11. The zero-order chi connectivity index (χ0) is 12.7. The molecule has 0 radical (unpaired) electrons. The van der Waals surface area contributed by atoms with E-state index in [1.165, 1.54) is 6.08 Å². The van der Waals surface area contributed by atoms with Crippen LogP contribution >= 0.6 is 0 Å². The molecule has 0 rings (SSSR count). The maximum atomic E-state index is 11.5. The third-order valence-corrected chi connectivity index (χ3v) is 1.70. The van der Waals surface area contributed by atoms with Gasteiger partial charge in [0.05, 0.1) is 12.5 Å². The maximum Gasteiger partial charge on any atom is 0.323 e. The molecule has 0 aliphatic heterocycles. The van der Waals surface area contributed by atoms with Crippen LogP contribution in [-0.4, -0.2) is 52.1 Å². The molecule has 0 saturated carbocycles. The molecule has 0 aromatic carbocycles. The van der Waals surface area contributed by atoms with Crippen LogP contribution in [0.15, 0.2) is 12.7 Å². The van der Waals surface area contributed by atoms with E-state index in [4.69, 9.17) is 15.9 Å². The Morgan fingerprint density at radius 1 is 1.31 bits per heavy atom. The number of carboxylic acids is 2. The summed E-state index contributed by atoms with van der Waals surface area (Å²) in [6.45, 7) is 2.85. The van der Waals surface area contributed by atoms with Crippen molar-refractivity contribution in [3.05, 3.63) is 12.7 Å². The van der Waals surface area contributed by atoms with Crippen LogP contribution in [0, 0.1) is 0 Å². The lowest BCUT2D eigenvalue weighted by atomic mass is 10.2. The van der Waals surface area contributed by atoms with Gasteiger partial charge in [-0.1, -0.05) is 6.08 Å². The lowest BCUT2D eigenvalue weighted by Gasteiger charge is -2.21. The number of nitrogens with zero attached hydrogens (tertiary/aromatic N) is 1. The molecule has 0 aliphatic rings. The number of carbonyl (C=O) groups is 3. The molecular formula is C9H14N2O5. The molecule has 4 N–H and O–H groups in total. The summed E-state index contributed by atoms with van der Waals surface area (Å²) in [5, 5.41) is 17.0. The first-order chi connectivity index (χ1) is 7.38. The summed E-state index contributed by atoms with van der Waals surface area (Å²) in [5.41, 5.74) is 5.33. The molecular weight excluding hydrogens is 216 g/mol. The highest BCUT2D eigenvalue weighted by Crippen LogP contribution is 1.98. The quantitative estimate of drug-likeness (QED) is 0.477. The Morgan fingerprint density at radius 3 is 2.25 bits per heavy atom. The summed E-state index contributed by atoms with van der Waals surface area (Å²) < 4.78 is 0. The maximum absolute atomic E-state index is 11.5. The molecule has 0 aliphatic carbocycles.